The Kier molecular flexibility index (Phi) is 6.02. The number of likely N-dealkylation sites (tertiary alicyclic amines) is 1. The van der Waals surface area contributed by atoms with Crippen molar-refractivity contribution < 1.29 is 9.47 Å². The van der Waals surface area contributed by atoms with E-state index in [1.807, 2.05) is 18.2 Å². The van der Waals surface area contributed by atoms with Gasteiger partial charge < -0.3 is 25.0 Å². The Bertz CT molecular complexity index is 595. The third-order valence-electron chi connectivity index (χ3n) is 4.80. The number of piperidine rings is 1. The van der Waals surface area contributed by atoms with E-state index in [1.54, 1.807) is 0 Å². The second kappa shape index (κ2) is 8.43. The summed E-state index contributed by atoms with van der Waals surface area (Å²) in [5.41, 5.74) is 1.12. The first-order valence-corrected chi connectivity index (χ1v) is 9.33. The molecule has 0 radical (unpaired) electrons. The fourth-order valence-corrected chi connectivity index (χ4v) is 3.28. The van der Waals surface area contributed by atoms with Gasteiger partial charge in [-0.25, -0.2) is 4.99 Å². The highest BCUT2D eigenvalue weighted by Crippen LogP contribution is 2.32. The van der Waals surface area contributed by atoms with E-state index in [1.165, 1.54) is 0 Å². The lowest BCUT2D eigenvalue weighted by Gasteiger charge is -2.35. The lowest BCUT2D eigenvalue weighted by molar-refractivity contribution is 0.167. The summed E-state index contributed by atoms with van der Waals surface area (Å²) in [6, 6.07) is 7.13. The van der Waals surface area contributed by atoms with Gasteiger partial charge in [0.25, 0.3) is 0 Å². The van der Waals surface area contributed by atoms with Gasteiger partial charge in [0.05, 0.1) is 6.54 Å². The average Bonchev–Trinajstić information content (AvgIpc) is 3.08. The molecule has 2 heterocycles. The summed E-state index contributed by atoms with van der Waals surface area (Å²) in [7, 11) is 0. The first kappa shape index (κ1) is 17.9. The van der Waals surface area contributed by atoms with Gasteiger partial charge in [-0.15, -0.1) is 0 Å². The summed E-state index contributed by atoms with van der Waals surface area (Å²) in [6.45, 7) is 10.7. The second-order valence-corrected chi connectivity index (χ2v) is 6.93. The van der Waals surface area contributed by atoms with Crippen LogP contribution in [0.25, 0.3) is 0 Å². The molecule has 2 aliphatic heterocycles. The van der Waals surface area contributed by atoms with E-state index < -0.39 is 0 Å². The van der Waals surface area contributed by atoms with Crippen molar-refractivity contribution in [3.05, 3.63) is 23.8 Å². The zero-order valence-corrected chi connectivity index (χ0v) is 15.5. The van der Waals surface area contributed by atoms with E-state index in [2.05, 4.69) is 36.3 Å². The molecule has 2 aliphatic rings. The predicted octanol–water partition coefficient (Wildman–Crippen LogP) is 2.34. The third kappa shape index (κ3) is 4.78. The van der Waals surface area contributed by atoms with E-state index in [0.29, 0.717) is 25.4 Å². The Labute approximate surface area is 150 Å². The summed E-state index contributed by atoms with van der Waals surface area (Å²) in [6.07, 6.45) is 2.32. The molecule has 6 heteroatoms. The van der Waals surface area contributed by atoms with Crippen molar-refractivity contribution in [1.29, 1.82) is 0 Å². The van der Waals surface area contributed by atoms with Crippen molar-refractivity contribution in [1.82, 2.24) is 15.5 Å². The normalized spacial score (nSPS) is 18.6. The molecule has 0 saturated carbocycles. The Morgan fingerprint density at radius 2 is 2.00 bits per heavy atom. The summed E-state index contributed by atoms with van der Waals surface area (Å²) in [4.78, 5) is 7.28. The van der Waals surface area contributed by atoms with Crippen LogP contribution in [0.4, 0.5) is 0 Å². The second-order valence-electron chi connectivity index (χ2n) is 6.93. The van der Waals surface area contributed by atoms with Gasteiger partial charge in [-0.1, -0.05) is 6.07 Å². The van der Waals surface area contributed by atoms with Gasteiger partial charge in [0, 0.05) is 31.7 Å². The van der Waals surface area contributed by atoms with E-state index >= 15 is 0 Å². The van der Waals surface area contributed by atoms with Crippen LogP contribution in [-0.4, -0.2) is 49.4 Å². The molecule has 1 fully saturated rings. The van der Waals surface area contributed by atoms with Crippen LogP contribution >= 0.6 is 0 Å². The van der Waals surface area contributed by atoms with E-state index in [0.717, 1.165) is 55.5 Å². The van der Waals surface area contributed by atoms with Crippen molar-refractivity contribution in [3.8, 4) is 11.5 Å². The van der Waals surface area contributed by atoms with Crippen molar-refractivity contribution in [3.63, 3.8) is 0 Å². The Balaban J connectivity index is 1.56. The molecule has 2 N–H and O–H groups in total. The lowest BCUT2D eigenvalue weighted by Crippen LogP contribution is -2.49. The van der Waals surface area contributed by atoms with Crippen LogP contribution in [0, 0.1) is 0 Å². The highest BCUT2D eigenvalue weighted by atomic mass is 16.7. The molecule has 0 bridgehead atoms. The van der Waals surface area contributed by atoms with E-state index in [-0.39, 0.29) is 0 Å². The number of guanidine groups is 1. The van der Waals surface area contributed by atoms with E-state index in [4.69, 9.17) is 14.5 Å². The fraction of sp³-hybridized carbons (Fsp3) is 0.632. The van der Waals surface area contributed by atoms with Gasteiger partial charge in [0.1, 0.15) is 0 Å². The molecule has 0 spiro atoms. The van der Waals surface area contributed by atoms with Gasteiger partial charge in [0.2, 0.25) is 6.79 Å². The molecular weight excluding hydrogens is 316 g/mol. The van der Waals surface area contributed by atoms with Crippen molar-refractivity contribution in [2.24, 2.45) is 4.99 Å². The zero-order valence-electron chi connectivity index (χ0n) is 15.5. The van der Waals surface area contributed by atoms with Crippen molar-refractivity contribution in [2.75, 3.05) is 26.4 Å². The van der Waals surface area contributed by atoms with Crippen LogP contribution in [0.5, 0.6) is 11.5 Å². The minimum absolute atomic E-state index is 0.307. The number of aliphatic imine (C=N–C) groups is 1. The summed E-state index contributed by atoms with van der Waals surface area (Å²) in [5, 5.41) is 6.95. The molecule has 6 nitrogen and oxygen atoms in total. The lowest BCUT2D eigenvalue weighted by atomic mass is 10.0. The summed E-state index contributed by atoms with van der Waals surface area (Å²) < 4.78 is 10.8. The van der Waals surface area contributed by atoms with Crippen LogP contribution in [0.2, 0.25) is 0 Å². The minimum Gasteiger partial charge on any atom is -0.454 e. The number of nitrogens with zero attached hydrogens (tertiary/aromatic N) is 2. The number of nitrogens with one attached hydrogen (secondary N) is 2. The van der Waals surface area contributed by atoms with Crippen LogP contribution < -0.4 is 20.1 Å². The van der Waals surface area contributed by atoms with Gasteiger partial charge >= 0.3 is 0 Å². The van der Waals surface area contributed by atoms with Crippen LogP contribution in [-0.2, 0) is 6.54 Å². The summed E-state index contributed by atoms with van der Waals surface area (Å²) in [5.74, 6) is 2.52. The summed E-state index contributed by atoms with van der Waals surface area (Å²) >= 11 is 0. The van der Waals surface area contributed by atoms with Crippen LogP contribution in [0.15, 0.2) is 23.2 Å². The molecule has 0 unspecified atom stereocenters. The van der Waals surface area contributed by atoms with Gasteiger partial charge in [-0.2, -0.15) is 0 Å². The predicted molar refractivity (Wildman–Crippen MR) is 100 cm³/mol. The maximum Gasteiger partial charge on any atom is 0.231 e. The largest absolute Gasteiger partial charge is 0.454 e. The van der Waals surface area contributed by atoms with Gasteiger partial charge in [-0.3, -0.25) is 0 Å². The molecular formula is C19H30N4O2. The fourth-order valence-electron chi connectivity index (χ4n) is 3.28. The molecule has 0 aromatic heterocycles. The average molecular weight is 346 g/mol. The minimum atomic E-state index is 0.307. The molecule has 25 heavy (non-hydrogen) atoms. The number of fused-ring (bicyclic) bond motifs is 1. The highest BCUT2D eigenvalue weighted by Gasteiger charge is 2.21. The molecule has 1 aromatic rings. The number of rotatable bonds is 5. The zero-order chi connectivity index (χ0) is 17.6. The monoisotopic (exact) mass is 346 g/mol. The number of benzene rings is 1. The van der Waals surface area contributed by atoms with Gasteiger partial charge in [-0.05, 0) is 51.3 Å². The van der Waals surface area contributed by atoms with E-state index in [9.17, 15) is 0 Å². The molecule has 0 atom stereocenters. The molecule has 138 valence electrons. The van der Waals surface area contributed by atoms with Crippen molar-refractivity contribution in [2.45, 2.75) is 52.2 Å². The maximum atomic E-state index is 5.44. The quantitative estimate of drug-likeness (QED) is 0.633. The SMILES string of the molecule is CCNC(=NCc1ccc2c(c1)OCO2)NC1CCN(C(C)C)CC1. The van der Waals surface area contributed by atoms with Gasteiger partial charge in [0.15, 0.2) is 17.5 Å². The molecule has 0 amide bonds. The Morgan fingerprint density at radius 1 is 1.24 bits per heavy atom. The van der Waals surface area contributed by atoms with Crippen molar-refractivity contribution >= 4 is 5.96 Å². The topological polar surface area (TPSA) is 58.1 Å². The number of hydrogen-bond donors (Lipinski definition) is 2. The van der Waals surface area contributed by atoms with Crippen LogP contribution in [0.3, 0.4) is 0 Å². The first-order valence-electron chi connectivity index (χ1n) is 9.33. The van der Waals surface area contributed by atoms with Crippen LogP contribution in [0.1, 0.15) is 39.2 Å². The number of hydrogen-bond acceptors (Lipinski definition) is 4. The first-order chi connectivity index (χ1) is 12.2. The molecule has 3 rings (SSSR count). The smallest absolute Gasteiger partial charge is 0.231 e. The molecule has 1 aromatic carbocycles. The highest BCUT2D eigenvalue weighted by molar-refractivity contribution is 5.80. The maximum absolute atomic E-state index is 5.44. The molecule has 0 aliphatic carbocycles. The Morgan fingerprint density at radius 3 is 2.72 bits per heavy atom. The molecule has 1 saturated heterocycles. The third-order valence-corrected chi connectivity index (χ3v) is 4.80. The Hall–Kier alpha value is -1.95. The standard InChI is InChI=1S/C19H30N4O2/c1-4-20-19(22-16-7-9-23(10-8-16)14(2)3)21-12-15-5-6-17-18(11-15)25-13-24-17/h5-6,11,14,16H,4,7-10,12-13H2,1-3H3,(H2,20,21,22). The number of ether oxygens (including phenoxy) is 2.